The quantitative estimate of drug-likeness (QED) is 0.781. The molecular formula is C11H17N3O2. The fourth-order valence-corrected chi connectivity index (χ4v) is 1.93. The molecule has 1 aromatic heterocycles. The molecule has 0 amide bonds. The Kier molecular flexibility index (Phi) is 2.96. The molecule has 2 atom stereocenters. The molecule has 1 saturated carbocycles. The molecule has 2 N–H and O–H groups in total. The molecule has 2 rings (SSSR count). The number of hydrogen-bond donors (Lipinski definition) is 2. The van der Waals surface area contributed by atoms with E-state index in [0.29, 0.717) is 5.92 Å². The van der Waals surface area contributed by atoms with Crippen LogP contribution in [0.2, 0.25) is 0 Å². The van der Waals surface area contributed by atoms with Gasteiger partial charge in [0.2, 0.25) is 0 Å². The van der Waals surface area contributed by atoms with Gasteiger partial charge in [-0.3, -0.25) is 9.48 Å². The summed E-state index contributed by atoms with van der Waals surface area (Å²) in [6.07, 6.45) is 6.28. The lowest BCUT2D eigenvalue weighted by molar-refractivity contribution is -0.140. The maximum absolute atomic E-state index is 11.0. The lowest BCUT2D eigenvalue weighted by atomic mass is 10.1. The largest absolute Gasteiger partial charge is 0.480 e. The lowest BCUT2D eigenvalue weighted by Gasteiger charge is -2.19. The van der Waals surface area contributed by atoms with Gasteiger partial charge in [0.15, 0.2) is 0 Å². The second kappa shape index (κ2) is 4.25. The van der Waals surface area contributed by atoms with Gasteiger partial charge in [-0.05, 0) is 38.3 Å². The lowest BCUT2D eigenvalue weighted by Crippen LogP contribution is -2.40. The van der Waals surface area contributed by atoms with Crippen LogP contribution in [-0.4, -0.2) is 33.9 Å². The Labute approximate surface area is 94.5 Å². The van der Waals surface area contributed by atoms with Gasteiger partial charge in [-0.15, -0.1) is 0 Å². The number of nitrogens with one attached hydrogen (secondary N) is 1. The molecule has 1 fully saturated rings. The predicted molar refractivity (Wildman–Crippen MR) is 59.4 cm³/mol. The topological polar surface area (TPSA) is 67.2 Å². The molecule has 5 nitrogen and oxygen atoms in total. The normalized spacial score (nSPS) is 19.4. The van der Waals surface area contributed by atoms with E-state index >= 15 is 0 Å². The van der Waals surface area contributed by atoms with Crippen molar-refractivity contribution in [2.45, 2.75) is 37.8 Å². The van der Waals surface area contributed by atoms with Crippen LogP contribution in [0, 0.1) is 0 Å². The van der Waals surface area contributed by atoms with E-state index in [9.17, 15) is 4.79 Å². The van der Waals surface area contributed by atoms with Gasteiger partial charge in [0, 0.05) is 6.20 Å². The van der Waals surface area contributed by atoms with Crippen LogP contribution in [0.25, 0.3) is 0 Å². The highest BCUT2D eigenvalue weighted by molar-refractivity contribution is 5.74. The highest BCUT2D eigenvalue weighted by atomic mass is 16.4. The van der Waals surface area contributed by atoms with Crippen molar-refractivity contribution in [3.63, 3.8) is 0 Å². The summed E-state index contributed by atoms with van der Waals surface area (Å²) in [6, 6.07) is -0.790. The van der Waals surface area contributed by atoms with Gasteiger partial charge in [-0.1, -0.05) is 0 Å². The molecular weight excluding hydrogens is 206 g/mol. The van der Waals surface area contributed by atoms with Crippen molar-refractivity contribution in [3.8, 4) is 0 Å². The number of hydrogen-bond acceptors (Lipinski definition) is 3. The summed E-state index contributed by atoms with van der Waals surface area (Å²) in [4.78, 5) is 11.0. The minimum atomic E-state index is -0.849. The van der Waals surface area contributed by atoms with E-state index in [1.807, 2.05) is 19.3 Å². The molecule has 1 aromatic rings. The molecule has 1 aliphatic rings. The summed E-state index contributed by atoms with van der Waals surface area (Å²) in [5.74, 6) is -0.197. The minimum absolute atomic E-state index is 0.185. The van der Waals surface area contributed by atoms with Crippen molar-refractivity contribution in [2.24, 2.45) is 0 Å². The van der Waals surface area contributed by atoms with Crippen molar-refractivity contribution in [3.05, 3.63) is 18.0 Å². The van der Waals surface area contributed by atoms with E-state index in [-0.39, 0.29) is 6.04 Å². The molecule has 88 valence electrons. The molecule has 5 heteroatoms. The van der Waals surface area contributed by atoms with Gasteiger partial charge in [-0.2, -0.15) is 5.10 Å². The molecule has 0 spiro atoms. The van der Waals surface area contributed by atoms with Gasteiger partial charge in [-0.25, -0.2) is 0 Å². The Morgan fingerprint density at radius 2 is 2.38 bits per heavy atom. The molecule has 0 aliphatic heterocycles. The van der Waals surface area contributed by atoms with Crippen LogP contribution in [-0.2, 0) is 4.79 Å². The summed E-state index contributed by atoms with van der Waals surface area (Å²) < 4.78 is 1.74. The Bertz CT molecular complexity index is 384. The van der Waals surface area contributed by atoms with Crippen molar-refractivity contribution in [2.75, 3.05) is 7.05 Å². The fourth-order valence-electron chi connectivity index (χ4n) is 1.93. The molecule has 0 aromatic carbocycles. The van der Waals surface area contributed by atoms with Crippen LogP contribution in [0.4, 0.5) is 0 Å². The number of rotatable bonds is 5. The SMILES string of the molecule is CNC(C(=O)O)C(C)n1cc(C2CC2)cn1. The first-order valence-corrected chi connectivity index (χ1v) is 5.57. The average molecular weight is 223 g/mol. The van der Waals surface area contributed by atoms with Crippen LogP contribution >= 0.6 is 0 Å². The Morgan fingerprint density at radius 3 is 2.88 bits per heavy atom. The molecule has 0 radical (unpaired) electrons. The summed E-state index contributed by atoms with van der Waals surface area (Å²) in [6.45, 7) is 1.86. The third kappa shape index (κ3) is 2.09. The summed E-state index contributed by atoms with van der Waals surface area (Å²) in [5.41, 5.74) is 1.23. The number of likely N-dealkylation sites (N-methyl/N-ethyl adjacent to an activating group) is 1. The number of aliphatic carboxylic acids is 1. The number of carboxylic acids is 1. The van der Waals surface area contributed by atoms with Gasteiger partial charge in [0.05, 0.1) is 12.2 Å². The molecule has 1 aliphatic carbocycles. The van der Waals surface area contributed by atoms with Crippen molar-refractivity contribution in [1.82, 2.24) is 15.1 Å². The Morgan fingerprint density at radius 1 is 1.69 bits per heavy atom. The maximum atomic E-state index is 11.0. The van der Waals surface area contributed by atoms with Crippen LogP contribution in [0.5, 0.6) is 0 Å². The first-order valence-electron chi connectivity index (χ1n) is 5.57. The molecule has 0 bridgehead atoms. The van der Waals surface area contributed by atoms with Crippen molar-refractivity contribution in [1.29, 1.82) is 0 Å². The number of carbonyl (C=O) groups is 1. The molecule has 1 heterocycles. The standard InChI is InChI=1S/C11H17N3O2/c1-7(10(12-2)11(15)16)14-6-9(5-13-14)8-3-4-8/h5-8,10,12H,3-4H2,1-2H3,(H,15,16). The van der Waals surface area contributed by atoms with Crippen LogP contribution < -0.4 is 5.32 Å². The zero-order valence-electron chi connectivity index (χ0n) is 9.55. The van der Waals surface area contributed by atoms with E-state index < -0.39 is 12.0 Å². The molecule has 2 unspecified atom stereocenters. The summed E-state index contributed by atoms with van der Waals surface area (Å²) in [7, 11) is 1.65. The molecule has 0 saturated heterocycles. The van der Waals surface area contributed by atoms with E-state index in [4.69, 9.17) is 5.11 Å². The highest BCUT2D eigenvalue weighted by Gasteiger charge is 2.28. The first kappa shape index (κ1) is 11.1. The van der Waals surface area contributed by atoms with Crippen LogP contribution in [0.3, 0.4) is 0 Å². The fraction of sp³-hybridized carbons (Fsp3) is 0.636. The second-order valence-corrected chi connectivity index (χ2v) is 4.37. The van der Waals surface area contributed by atoms with E-state index in [2.05, 4.69) is 10.4 Å². The van der Waals surface area contributed by atoms with Gasteiger partial charge in [0.1, 0.15) is 6.04 Å². The monoisotopic (exact) mass is 223 g/mol. The smallest absolute Gasteiger partial charge is 0.322 e. The van der Waals surface area contributed by atoms with Crippen LogP contribution in [0.15, 0.2) is 12.4 Å². The summed E-state index contributed by atoms with van der Waals surface area (Å²) >= 11 is 0. The first-order chi connectivity index (χ1) is 7.63. The van der Waals surface area contributed by atoms with Gasteiger partial charge < -0.3 is 10.4 Å². The summed E-state index contributed by atoms with van der Waals surface area (Å²) in [5, 5.41) is 16.1. The number of nitrogens with zero attached hydrogens (tertiary/aromatic N) is 2. The highest BCUT2D eigenvalue weighted by Crippen LogP contribution is 2.39. The third-order valence-electron chi connectivity index (χ3n) is 3.15. The van der Waals surface area contributed by atoms with Crippen molar-refractivity contribution >= 4 is 5.97 Å². The van der Waals surface area contributed by atoms with E-state index in [1.54, 1.807) is 11.7 Å². The van der Waals surface area contributed by atoms with Gasteiger partial charge >= 0.3 is 5.97 Å². The zero-order valence-corrected chi connectivity index (χ0v) is 9.55. The van der Waals surface area contributed by atoms with Gasteiger partial charge in [0.25, 0.3) is 0 Å². The van der Waals surface area contributed by atoms with Crippen LogP contribution in [0.1, 0.15) is 37.3 Å². The Balaban J connectivity index is 2.11. The third-order valence-corrected chi connectivity index (χ3v) is 3.15. The average Bonchev–Trinajstić information content (AvgIpc) is 2.97. The minimum Gasteiger partial charge on any atom is -0.480 e. The van der Waals surface area contributed by atoms with E-state index in [0.717, 1.165) is 0 Å². The van der Waals surface area contributed by atoms with Crippen molar-refractivity contribution < 1.29 is 9.90 Å². The predicted octanol–water partition coefficient (Wildman–Crippen LogP) is 0.994. The van der Waals surface area contributed by atoms with E-state index in [1.165, 1.54) is 18.4 Å². The number of carboxylic acid groups (broad SMARTS) is 1. The molecule has 16 heavy (non-hydrogen) atoms. The Hall–Kier alpha value is -1.36. The second-order valence-electron chi connectivity index (χ2n) is 4.37. The zero-order chi connectivity index (χ0) is 11.7. The maximum Gasteiger partial charge on any atom is 0.322 e. The number of aromatic nitrogens is 2.